The molecule has 6 rings (SSSR count). The van der Waals surface area contributed by atoms with Crippen LogP contribution in [0.25, 0.3) is 16.8 Å². The van der Waals surface area contributed by atoms with Crippen molar-refractivity contribution in [1.29, 1.82) is 0 Å². The molecule has 10 heteroatoms. The second-order valence-corrected chi connectivity index (χ2v) is 9.67. The summed E-state index contributed by atoms with van der Waals surface area (Å²) in [5, 5.41) is 22.4. The fourth-order valence-corrected chi connectivity index (χ4v) is 5.30. The molecule has 1 aromatic heterocycles. The van der Waals surface area contributed by atoms with Crippen LogP contribution in [0.5, 0.6) is 0 Å². The number of halogens is 1. The number of hydrogen-bond acceptors (Lipinski definition) is 8. The van der Waals surface area contributed by atoms with Gasteiger partial charge in [0.2, 0.25) is 17.8 Å². The van der Waals surface area contributed by atoms with Crippen molar-refractivity contribution >= 4 is 40.3 Å². The molecule has 4 aromatic rings. The summed E-state index contributed by atoms with van der Waals surface area (Å²) in [5.41, 5.74) is 9.87. The van der Waals surface area contributed by atoms with Gasteiger partial charge in [-0.3, -0.25) is 4.79 Å². The fraction of sp³-hybridized carbons (Fsp3) is 0.179. The molecule has 38 heavy (non-hydrogen) atoms. The number of hydrogen-bond donors (Lipinski definition) is 3. The van der Waals surface area contributed by atoms with Crippen LogP contribution in [0.15, 0.2) is 81.9 Å². The Labute approximate surface area is 223 Å². The summed E-state index contributed by atoms with van der Waals surface area (Å²) in [6.07, 6.45) is -0.746. The van der Waals surface area contributed by atoms with E-state index >= 15 is 0 Å². The van der Waals surface area contributed by atoms with E-state index in [1.807, 2.05) is 41.3 Å². The molecule has 2 atom stereocenters. The van der Waals surface area contributed by atoms with Crippen molar-refractivity contribution in [2.24, 2.45) is 10.7 Å². The number of likely N-dealkylation sites (N-methyl/N-ethyl adjacent to an activating group) is 1. The minimum atomic E-state index is -1.39. The number of benzene rings is 3. The van der Waals surface area contributed by atoms with Crippen LogP contribution >= 0.6 is 11.6 Å². The molecule has 0 bridgehead atoms. The normalized spacial score (nSPS) is 19.5. The number of aliphatic hydroxyl groups is 2. The van der Waals surface area contributed by atoms with Crippen molar-refractivity contribution in [2.75, 3.05) is 13.6 Å². The molecule has 2 aliphatic rings. The first-order valence-electron chi connectivity index (χ1n) is 12.1. The zero-order chi connectivity index (χ0) is 26.6. The van der Waals surface area contributed by atoms with Crippen molar-refractivity contribution < 1.29 is 19.4 Å². The van der Waals surface area contributed by atoms with Gasteiger partial charge in [-0.1, -0.05) is 48.0 Å². The standard InChI is InChI=1S/C28H24ClN5O4/c1-33-27(37)24(35)22(26-31-20-8-4-5-9-21(20)38-26)32-28(33)34-13-12-15-10-11-16(25(30)36)14-18(15)23(34)17-6-2-3-7-19(17)29/h2-11,14,23,27,35,37H,12-13H2,1H3,(H2,30,36)/t23-,27?/m1/s1. The smallest absolute Gasteiger partial charge is 0.250 e. The van der Waals surface area contributed by atoms with Gasteiger partial charge in [0.1, 0.15) is 5.52 Å². The highest BCUT2D eigenvalue weighted by Crippen LogP contribution is 2.41. The van der Waals surface area contributed by atoms with Crippen LogP contribution in [-0.2, 0) is 6.42 Å². The van der Waals surface area contributed by atoms with E-state index in [0.29, 0.717) is 40.6 Å². The van der Waals surface area contributed by atoms with Gasteiger partial charge in [-0.25, -0.2) is 9.98 Å². The molecule has 0 saturated carbocycles. The molecule has 2 aliphatic heterocycles. The highest BCUT2D eigenvalue weighted by Gasteiger charge is 2.39. The van der Waals surface area contributed by atoms with Gasteiger partial charge in [-0.2, -0.15) is 0 Å². The van der Waals surface area contributed by atoms with Crippen LogP contribution in [-0.4, -0.2) is 56.7 Å². The Kier molecular flexibility index (Phi) is 5.81. The van der Waals surface area contributed by atoms with E-state index in [1.165, 1.54) is 4.90 Å². The molecule has 4 N–H and O–H groups in total. The highest BCUT2D eigenvalue weighted by atomic mass is 35.5. The molecule has 0 radical (unpaired) electrons. The van der Waals surface area contributed by atoms with Crippen LogP contribution in [0, 0.1) is 0 Å². The molecule has 0 saturated heterocycles. The quantitative estimate of drug-likeness (QED) is 0.365. The van der Waals surface area contributed by atoms with E-state index in [2.05, 4.69) is 4.98 Å². The van der Waals surface area contributed by atoms with Gasteiger partial charge in [0, 0.05) is 24.2 Å². The number of fused-ring (bicyclic) bond motifs is 2. The van der Waals surface area contributed by atoms with Gasteiger partial charge in [-0.05, 0) is 53.4 Å². The van der Waals surface area contributed by atoms with Crippen molar-refractivity contribution in [3.8, 4) is 0 Å². The van der Waals surface area contributed by atoms with Crippen LogP contribution in [0.3, 0.4) is 0 Å². The number of rotatable bonds is 3. The zero-order valence-electron chi connectivity index (χ0n) is 20.4. The van der Waals surface area contributed by atoms with Crippen molar-refractivity contribution in [3.63, 3.8) is 0 Å². The number of nitrogens with two attached hydrogens (primary N) is 1. The van der Waals surface area contributed by atoms with Crippen molar-refractivity contribution in [1.82, 2.24) is 14.8 Å². The third-order valence-corrected chi connectivity index (χ3v) is 7.34. The lowest BCUT2D eigenvalue weighted by Gasteiger charge is -2.44. The summed E-state index contributed by atoms with van der Waals surface area (Å²) in [7, 11) is 1.64. The predicted molar refractivity (Wildman–Crippen MR) is 143 cm³/mol. The van der Waals surface area contributed by atoms with Gasteiger partial charge in [0.15, 0.2) is 23.3 Å². The maximum absolute atomic E-state index is 12.1. The van der Waals surface area contributed by atoms with E-state index in [4.69, 9.17) is 26.7 Å². The summed E-state index contributed by atoms with van der Waals surface area (Å²) in [6, 6.07) is 19.6. The van der Waals surface area contributed by atoms with E-state index in [-0.39, 0.29) is 17.3 Å². The zero-order valence-corrected chi connectivity index (χ0v) is 21.1. The molecule has 9 nitrogen and oxygen atoms in total. The van der Waals surface area contributed by atoms with E-state index in [1.54, 1.807) is 37.4 Å². The summed E-state index contributed by atoms with van der Waals surface area (Å²) in [5.74, 6) is -0.425. The molecule has 3 heterocycles. The van der Waals surface area contributed by atoms with E-state index in [9.17, 15) is 15.0 Å². The number of para-hydroxylation sites is 2. The Morgan fingerprint density at radius 1 is 1.11 bits per heavy atom. The Morgan fingerprint density at radius 3 is 2.63 bits per heavy atom. The minimum absolute atomic E-state index is 0.0383. The van der Waals surface area contributed by atoms with E-state index < -0.39 is 18.2 Å². The maximum atomic E-state index is 12.1. The molecule has 1 unspecified atom stereocenters. The lowest BCUT2D eigenvalue weighted by Crippen LogP contribution is -2.53. The van der Waals surface area contributed by atoms with Gasteiger partial charge >= 0.3 is 0 Å². The molecular weight excluding hydrogens is 506 g/mol. The number of aliphatic imine (C=N–C) groups is 1. The largest absolute Gasteiger partial charge is 0.506 e. The summed E-state index contributed by atoms with van der Waals surface area (Å²) in [6.45, 7) is 0.524. The molecule has 0 fully saturated rings. The molecule has 3 aromatic carbocycles. The Balaban J connectivity index is 1.53. The number of primary amides is 1. The van der Waals surface area contributed by atoms with Crippen molar-refractivity contribution in [2.45, 2.75) is 18.7 Å². The molecule has 1 amide bonds. The lowest BCUT2D eigenvalue weighted by atomic mass is 9.87. The Hall–Kier alpha value is -4.34. The van der Waals surface area contributed by atoms with Crippen LogP contribution < -0.4 is 5.73 Å². The summed E-state index contributed by atoms with van der Waals surface area (Å²) < 4.78 is 5.87. The third kappa shape index (κ3) is 3.87. The van der Waals surface area contributed by atoms with Crippen LogP contribution in [0.1, 0.15) is 39.0 Å². The van der Waals surface area contributed by atoms with Gasteiger partial charge in [0.05, 0.1) is 6.04 Å². The van der Waals surface area contributed by atoms with Crippen molar-refractivity contribution in [3.05, 3.63) is 106 Å². The van der Waals surface area contributed by atoms with Crippen LogP contribution in [0.2, 0.25) is 5.02 Å². The first kappa shape index (κ1) is 24.0. The maximum Gasteiger partial charge on any atom is 0.250 e. The molecular formula is C28H24ClN5O4. The van der Waals surface area contributed by atoms with Crippen LogP contribution in [0.4, 0.5) is 0 Å². The third-order valence-electron chi connectivity index (χ3n) is 6.99. The van der Waals surface area contributed by atoms with E-state index in [0.717, 1.165) is 16.7 Å². The SMILES string of the molecule is CN1C(N2CCc3ccc(C(N)=O)cc3[C@H]2c2ccccc2Cl)=NC(c2nc3ccccc3o2)=C(O)C1O. The average molecular weight is 530 g/mol. The number of guanidine groups is 1. The lowest BCUT2D eigenvalue weighted by molar-refractivity contribution is 0.0492. The van der Waals surface area contributed by atoms with Gasteiger partial charge < -0.3 is 30.2 Å². The second-order valence-electron chi connectivity index (χ2n) is 9.26. The average Bonchev–Trinajstić information content (AvgIpc) is 3.35. The Morgan fingerprint density at radius 2 is 1.87 bits per heavy atom. The summed E-state index contributed by atoms with van der Waals surface area (Å²) >= 11 is 6.69. The number of carbonyl (C=O) groups excluding carboxylic acids is 1. The Bertz CT molecular complexity index is 1610. The van der Waals surface area contributed by atoms with Gasteiger partial charge in [-0.15, -0.1) is 0 Å². The molecule has 0 aliphatic carbocycles. The highest BCUT2D eigenvalue weighted by molar-refractivity contribution is 6.31. The number of carbonyl (C=O) groups is 1. The monoisotopic (exact) mass is 529 g/mol. The number of aromatic nitrogens is 1. The topological polar surface area (TPSA) is 128 Å². The summed E-state index contributed by atoms with van der Waals surface area (Å²) in [4.78, 5) is 24.8. The van der Waals surface area contributed by atoms with Gasteiger partial charge in [0.25, 0.3) is 0 Å². The number of aliphatic hydroxyl groups excluding tert-OH is 2. The predicted octanol–water partition coefficient (Wildman–Crippen LogP) is 4.07. The first-order chi connectivity index (χ1) is 18.3. The number of nitrogens with zero attached hydrogens (tertiary/aromatic N) is 4. The first-order valence-corrected chi connectivity index (χ1v) is 12.4. The minimum Gasteiger partial charge on any atom is -0.506 e. The fourth-order valence-electron chi connectivity index (χ4n) is 5.06. The molecule has 0 spiro atoms. The second kappa shape index (κ2) is 9.20. The number of amides is 1. The molecule has 192 valence electrons. The number of oxazole rings is 1.